The Morgan fingerprint density at radius 2 is 2.00 bits per heavy atom. The molecule has 3 fully saturated rings. The molecule has 1 saturated carbocycles. The Morgan fingerprint density at radius 1 is 1.09 bits per heavy atom. The molecule has 62 valence electrons. The van der Waals surface area contributed by atoms with Gasteiger partial charge in [0.25, 0.3) is 0 Å². The smallest absolute Gasteiger partial charge is 0.135 e. The van der Waals surface area contributed by atoms with Crippen LogP contribution in [0.25, 0.3) is 0 Å². The maximum atomic E-state index is 5.78. The molecule has 2 saturated heterocycles. The number of hydrogen-bond donors (Lipinski definition) is 1. The molecular weight excluding hydrogens is 142 g/mol. The summed E-state index contributed by atoms with van der Waals surface area (Å²) in [6.07, 6.45) is 4.91. The summed E-state index contributed by atoms with van der Waals surface area (Å²) in [7, 11) is 0. The highest BCUT2D eigenvalue weighted by Gasteiger charge is 2.49. The quantitative estimate of drug-likeness (QED) is 0.544. The molecule has 3 aliphatic rings. The first kappa shape index (κ1) is 6.40. The van der Waals surface area contributed by atoms with Crippen molar-refractivity contribution in [1.82, 2.24) is 5.32 Å². The second-order valence-corrected chi connectivity index (χ2v) is 3.64. The fourth-order valence-electron chi connectivity index (χ4n) is 1.96. The molecule has 0 aromatic rings. The van der Waals surface area contributed by atoms with E-state index in [1.807, 2.05) is 0 Å². The van der Waals surface area contributed by atoms with E-state index in [-0.39, 0.29) is 6.23 Å². The molecule has 3 unspecified atom stereocenters. The van der Waals surface area contributed by atoms with Crippen LogP contribution in [0.2, 0.25) is 0 Å². The Labute approximate surface area is 66.1 Å². The molecule has 1 aliphatic carbocycles. The van der Waals surface area contributed by atoms with Crippen LogP contribution in [0.15, 0.2) is 0 Å². The van der Waals surface area contributed by atoms with E-state index in [1.54, 1.807) is 0 Å². The van der Waals surface area contributed by atoms with Gasteiger partial charge in [-0.25, -0.2) is 0 Å². The third kappa shape index (κ3) is 0.991. The van der Waals surface area contributed by atoms with Gasteiger partial charge in [-0.3, -0.25) is 5.32 Å². The van der Waals surface area contributed by atoms with Crippen LogP contribution >= 0.6 is 0 Å². The average Bonchev–Trinajstić information content (AvgIpc) is 2.77. The van der Waals surface area contributed by atoms with E-state index >= 15 is 0 Å². The molecular formula is C8H13NO2. The number of nitrogens with one attached hydrogen (secondary N) is 1. The summed E-state index contributed by atoms with van der Waals surface area (Å²) < 4.78 is 11.5. The molecule has 3 heteroatoms. The van der Waals surface area contributed by atoms with Gasteiger partial charge in [-0.05, 0) is 19.4 Å². The lowest BCUT2D eigenvalue weighted by molar-refractivity contribution is -0.165. The summed E-state index contributed by atoms with van der Waals surface area (Å²) in [5.74, 6) is 0. The van der Waals surface area contributed by atoms with E-state index in [9.17, 15) is 0 Å². The Hall–Kier alpha value is -0.120. The SMILES string of the molecule is C1CNC2OC3C[C@@H]3OC2C1. The van der Waals surface area contributed by atoms with Crippen molar-refractivity contribution in [3.63, 3.8) is 0 Å². The highest BCUT2D eigenvalue weighted by Crippen LogP contribution is 2.38. The molecule has 0 amide bonds. The van der Waals surface area contributed by atoms with Gasteiger partial charge in [0.15, 0.2) is 0 Å². The van der Waals surface area contributed by atoms with E-state index in [1.165, 1.54) is 12.8 Å². The van der Waals surface area contributed by atoms with Crippen molar-refractivity contribution >= 4 is 0 Å². The minimum atomic E-state index is 0.201. The first-order valence-corrected chi connectivity index (χ1v) is 4.48. The zero-order valence-electron chi connectivity index (χ0n) is 6.45. The van der Waals surface area contributed by atoms with Crippen LogP contribution in [0.1, 0.15) is 19.3 Å². The molecule has 0 aromatic heterocycles. The van der Waals surface area contributed by atoms with Gasteiger partial charge in [-0.2, -0.15) is 0 Å². The molecule has 3 nitrogen and oxygen atoms in total. The maximum absolute atomic E-state index is 5.78. The van der Waals surface area contributed by atoms with Crippen LogP contribution in [-0.2, 0) is 9.47 Å². The van der Waals surface area contributed by atoms with Crippen LogP contribution in [-0.4, -0.2) is 31.1 Å². The highest BCUT2D eigenvalue weighted by molar-refractivity contribution is 4.96. The molecule has 3 rings (SSSR count). The van der Waals surface area contributed by atoms with Crippen LogP contribution in [0, 0.1) is 0 Å². The first-order chi connectivity index (χ1) is 5.43. The summed E-state index contributed by atoms with van der Waals surface area (Å²) in [6.45, 7) is 1.09. The molecule has 0 aromatic carbocycles. The van der Waals surface area contributed by atoms with E-state index in [2.05, 4.69) is 5.32 Å². The topological polar surface area (TPSA) is 30.5 Å². The van der Waals surface area contributed by atoms with E-state index in [0.29, 0.717) is 18.3 Å². The van der Waals surface area contributed by atoms with Crippen molar-refractivity contribution in [3.8, 4) is 0 Å². The van der Waals surface area contributed by atoms with E-state index < -0.39 is 0 Å². The van der Waals surface area contributed by atoms with Crippen LogP contribution in [0.5, 0.6) is 0 Å². The van der Waals surface area contributed by atoms with Crippen LogP contribution in [0.4, 0.5) is 0 Å². The van der Waals surface area contributed by atoms with Crippen molar-refractivity contribution in [2.24, 2.45) is 0 Å². The molecule has 0 spiro atoms. The lowest BCUT2D eigenvalue weighted by atomic mass is 10.1. The predicted octanol–water partition coefficient (Wildman–Crippen LogP) is 0.252. The van der Waals surface area contributed by atoms with Crippen LogP contribution in [0.3, 0.4) is 0 Å². The first-order valence-electron chi connectivity index (χ1n) is 4.48. The Morgan fingerprint density at radius 3 is 3.00 bits per heavy atom. The summed E-state index contributed by atoms with van der Waals surface area (Å²) in [6, 6.07) is 0. The van der Waals surface area contributed by atoms with Crippen molar-refractivity contribution in [2.45, 2.75) is 43.8 Å². The third-order valence-electron chi connectivity index (χ3n) is 2.70. The summed E-state index contributed by atoms with van der Waals surface area (Å²) >= 11 is 0. The normalized spacial score (nSPS) is 54.5. The lowest BCUT2D eigenvalue weighted by Crippen LogP contribution is -2.51. The Kier molecular flexibility index (Phi) is 1.27. The Bertz CT molecular complexity index is 155. The Balaban J connectivity index is 1.73. The fraction of sp³-hybridized carbons (Fsp3) is 1.00. The zero-order chi connectivity index (χ0) is 7.26. The minimum absolute atomic E-state index is 0.201. The average molecular weight is 155 g/mol. The van der Waals surface area contributed by atoms with Crippen molar-refractivity contribution in [3.05, 3.63) is 0 Å². The second-order valence-electron chi connectivity index (χ2n) is 3.64. The predicted molar refractivity (Wildman–Crippen MR) is 39.2 cm³/mol. The van der Waals surface area contributed by atoms with Crippen molar-refractivity contribution in [1.29, 1.82) is 0 Å². The monoisotopic (exact) mass is 155 g/mol. The summed E-state index contributed by atoms with van der Waals surface area (Å²) in [5, 5.41) is 3.33. The molecule has 2 heterocycles. The highest BCUT2D eigenvalue weighted by atomic mass is 16.6. The van der Waals surface area contributed by atoms with Gasteiger partial charge >= 0.3 is 0 Å². The standard InChI is InChI=1S/C8H13NO2/c1-2-5-8(9-3-1)11-7-4-6(7)10-5/h5-9H,1-4H2/t5?,6-,7?,8?/m0/s1. The molecule has 11 heavy (non-hydrogen) atoms. The van der Waals surface area contributed by atoms with Crippen molar-refractivity contribution in [2.75, 3.05) is 6.54 Å². The van der Waals surface area contributed by atoms with Gasteiger partial charge in [0, 0.05) is 6.42 Å². The number of piperidine rings is 1. The van der Waals surface area contributed by atoms with E-state index in [4.69, 9.17) is 9.47 Å². The fourth-order valence-corrected chi connectivity index (χ4v) is 1.96. The van der Waals surface area contributed by atoms with Gasteiger partial charge in [0.1, 0.15) is 6.23 Å². The lowest BCUT2D eigenvalue weighted by Gasteiger charge is -2.35. The molecule has 4 atom stereocenters. The van der Waals surface area contributed by atoms with Gasteiger partial charge in [0.05, 0.1) is 18.3 Å². The summed E-state index contributed by atoms with van der Waals surface area (Å²) in [5.41, 5.74) is 0. The molecule has 0 radical (unpaired) electrons. The number of hydrogen-bond acceptors (Lipinski definition) is 3. The molecule has 0 bridgehead atoms. The van der Waals surface area contributed by atoms with E-state index in [0.717, 1.165) is 13.0 Å². The van der Waals surface area contributed by atoms with Crippen molar-refractivity contribution < 1.29 is 9.47 Å². The van der Waals surface area contributed by atoms with Crippen LogP contribution < -0.4 is 5.32 Å². The molecule has 2 aliphatic heterocycles. The second kappa shape index (κ2) is 2.19. The summed E-state index contributed by atoms with van der Waals surface area (Å²) in [4.78, 5) is 0. The zero-order valence-corrected chi connectivity index (χ0v) is 6.45. The third-order valence-corrected chi connectivity index (χ3v) is 2.70. The van der Waals surface area contributed by atoms with Gasteiger partial charge in [-0.15, -0.1) is 0 Å². The number of ether oxygens (including phenoxy) is 2. The van der Waals surface area contributed by atoms with Gasteiger partial charge in [0.2, 0.25) is 0 Å². The largest absolute Gasteiger partial charge is 0.368 e. The minimum Gasteiger partial charge on any atom is -0.368 e. The van der Waals surface area contributed by atoms with Gasteiger partial charge in [-0.1, -0.05) is 0 Å². The number of rotatable bonds is 0. The maximum Gasteiger partial charge on any atom is 0.135 e. The van der Waals surface area contributed by atoms with Gasteiger partial charge < -0.3 is 9.47 Å². The molecule has 1 N–H and O–H groups in total. The number of fused-ring (bicyclic) bond motifs is 2.